The van der Waals surface area contributed by atoms with Gasteiger partial charge in [-0.15, -0.1) is 5.10 Å². The predicted octanol–water partition coefficient (Wildman–Crippen LogP) is 0.522. The van der Waals surface area contributed by atoms with Crippen LogP contribution < -0.4 is 5.32 Å². The van der Waals surface area contributed by atoms with E-state index in [4.69, 9.17) is 4.74 Å². The number of nitrogens with one attached hydrogen (secondary N) is 2. The van der Waals surface area contributed by atoms with Gasteiger partial charge in [-0.25, -0.2) is 4.98 Å². The summed E-state index contributed by atoms with van der Waals surface area (Å²) in [5.74, 6) is 0.617. The fourth-order valence-corrected chi connectivity index (χ4v) is 1.21. The van der Waals surface area contributed by atoms with E-state index in [0.29, 0.717) is 19.0 Å². The van der Waals surface area contributed by atoms with Gasteiger partial charge in [0.05, 0.1) is 6.10 Å². The number of hydrogen-bond acceptors (Lipinski definition) is 4. The van der Waals surface area contributed by atoms with Crippen molar-refractivity contribution in [1.29, 1.82) is 0 Å². The summed E-state index contributed by atoms with van der Waals surface area (Å²) < 4.78 is 5.29. The van der Waals surface area contributed by atoms with Crippen LogP contribution in [0.15, 0.2) is 0 Å². The van der Waals surface area contributed by atoms with Gasteiger partial charge in [0.15, 0.2) is 0 Å². The number of aryl methyl sites for hydroxylation is 1. The van der Waals surface area contributed by atoms with E-state index in [1.54, 1.807) is 0 Å². The lowest BCUT2D eigenvalue weighted by Crippen LogP contribution is -2.32. The smallest absolute Gasteiger partial charge is 0.291 e. The number of rotatable bonds is 6. The lowest BCUT2D eigenvalue weighted by Gasteiger charge is -2.11. The van der Waals surface area contributed by atoms with Crippen LogP contribution in [0.3, 0.4) is 0 Å². The van der Waals surface area contributed by atoms with Gasteiger partial charge in [-0.3, -0.25) is 9.89 Å². The van der Waals surface area contributed by atoms with E-state index in [-0.39, 0.29) is 17.8 Å². The fraction of sp³-hybridized carbons (Fsp3) is 0.700. The summed E-state index contributed by atoms with van der Waals surface area (Å²) in [6.45, 7) is 6.86. The highest BCUT2D eigenvalue weighted by Gasteiger charge is 2.12. The van der Waals surface area contributed by atoms with Gasteiger partial charge >= 0.3 is 0 Å². The number of aromatic nitrogens is 3. The molecular weight excluding hydrogens is 208 g/mol. The molecule has 2 N–H and O–H groups in total. The van der Waals surface area contributed by atoms with Gasteiger partial charge in [0.25, 0.3) is 5.91 Å². The van der Waals surface area contributed by atoms with E-state index in [9.17, 15) is 4.79 Å². The van der Waals surface area contributed by atoms with Gasteiger partial charge in [-0.05, 0) is 13.8 Å². The Morgan fingerprint density at radius 3 is 2.88 bits per heavy atom. The van der Waals surface area contributed by atoms with Gasteiger partial charge in [0, 0.05) is 19.6 Å². The van der Waals surface area contributed by atoms with Crippen LogP contribution in [0, 0.1) is 0 Å². The van der Waals surface area contributed by atoms with Gasteiger partial charge in [0.2, 0.25) is 5.82 Å². The number of carbonyl (C=O) groups is 1. The Balaban J connectivity index is 2.40. The second-order valence-corrected chi connectivity index (χ2v) is 3.44. The van der Waals surface area contributed by atoms with Crippen molar-refractivity contribution in [3.8, 4) is 0 Å². The van der Waals surface area contributed by atoms with Crippen LogP contribution in [0.25, 0.3) is 0 Å². The summed E-state index contributed by atoms with van der Waals surface area (Å²) in [5.41, 5.74) is 0. The highest BCUT2D eigenvalue weighted by Crippen LogP contribution is 1.94. The van der Waals surface area contributed by atoms with Crippen LogP contribution in [0.4, 0.5) is 0 Å². The monoisotopic (exact) mass is 226 g/mol. The lowest BCUT2D eigenvalue weighted by atomic mass is 10.4. The molecule has 1 heterocycles. The first-order valence-corrected chi connectivity index (χ1v) is 5.48. The van der Waals surface area contributed by atoms with Crippen molar-refractivity contribution in [3.63, 3.8) is 0 Å². The minimum Gasteiger partial charge on any atom is -0.377 e. The first kappa shape index (κ1) is 12.6. The predicted molar refractivity (Wildman–Crippen MR) is 59.2 cm³/mol. The molecule has 0 bridgehead atoms. The quantitative estimate of drug-likeness (QED) is 0.741. The molecule has 0 saturated carbocycles. The van der Waals surface area contributed by atoms with Crippen molar-refractivity contribution >= 4 is 5.91 Å². The molecule has 1 aromatic heterocycles. The summed E-state index contributed by atoms with van der Waals surface area (Å²) in [7, 11) is 0. The first-order valence-electron chi connectivity index (χ1n) is 5.48. The number of nitrogens with zero attached hydrogens (tertiary/aromatic N) is 2. The Kier molecular flexibility index (Phi) is 4.91. The Hall–Kier alpha value is -1.43. The van der Waals surface area contributed by atoms with Crippen LogP contribution in [0.1, 0.15) is 37.2 Å². The Morgan fingerprint density at radius 1 is 1.56 bits per heavy atom. The van der Waals surface area contributed by atoms with Gasteiger partial charge in [0.1, 0.15) is 5.82 Å². The molecule has 16 heavy (non-hydrogen) atoms. The molecule has 0 saturated heterocycles. The molecule has 1 aromatic rings. The Labute approximate surface area is 94.8 Å². The van der Waals surface area contributed by atoms with Crippen LogP contribution in [0.5, 0.6) is 0 Å². The molecule has 0 radical (unpaired) electrons. The summed E-state index contributed by atoms with van der Waals surface area (Å²) >= 11 is 0. The third-order valence-corrected chi connectivity index (χ3v) is 2.07. The minimum atomic E-state index is -0.275. The zero-order chi connectivity index (χ0) is 12.0. The van der Waals surface area contributed by atoms with Crippen LogP contribution >= 0.6 is 0 Å². The molecule has 1 amide bonds. The van der Waals surface area contributed by atoms with E-state index in [1.807, 2.05) is 20.8 Å². The average molecular weight is 226 g/mol. The molecule has 0 aromatic carbocycles. The zero-order valence-electron chi connectivity index (χ0n) is 9.91. The normalized spacial score (nSPS) is 12.4. The zero-order valence-corrected chi connectivity index (χ0v) is 9.91. The van der Waals surface area contributed by atoms with Crippen LogP contribution in [-0.2, 0) is 11.2 Å². The van der Waals surface area contributed by atoms with Gasteiger partial charge < -0.3 is 10.1 Å². The number of hydrogen-bond donors (Lipinski definition) is 2. The highest BCUT2D eigenvalue weighted by atomic mass is 16.5. The summed E-state index contributed by atoms with van der Waals surface area (Å²) in [6, 6.07) is 0. The summed E-state index contributed by atoms with van der Waals surface area (Å²) in [4.78, 5) is 15.6. The molecule has 6 heteroatoms. The number of amides is 1. The maximum absolute atomic E-state index is 11.6. The van der Waals surface area contributed by atoms with Gasteiger partial charge in [-0.2, -0.15) is 0 Å². The van der Waals surface area contributed by atoms with Crippen LogP contribution in [-0.4, -0.2) is 40.3 Å². The second kappa shape index (κ2) is 6.22. The summed E-state index contributed by atoms with van der Waals surface area (Å²) in [6.07, 6.45) is 0.730. The molecule has 0 spiro atoms. The second-order valence-electron chi connectivity index (χ2n) is 3.44. The molecule has 1 unspecified atom stereocenters. The van der Waals surface area contributed by atoms with Crippen molar-refractivity contribution in [2.75, 3.05) is 13.2 Å². The fourth-order valence-electron chi connectivity index (χ4n) is 1.21. The van der Waals surface area contributed by atoms with Crippen molar-refractivity contribution in [3.05, 3.63) is 11.6 Å². The molecule has 0 aliphatic heterocycles. The minimum absolute atomic E-state index is 0.00135. The molecular formula is C10H18N4O2. The van der Waals surface area contributed by atoms with Crippen molar-refractivity contribution in [2.24, 2.45) is 0 Å². The molecule has 6 nitrogen and oxygen atoms in total. The number of carbonyl (C=O) groups excluding carboxylic acids is 1. The molecule has 0 aliphatic rings. The molecule has 1 atom stereocenters. The van der Waals surface area contributed by atoms with Crippen molar-refractivity contribution in [2.45, 2.75) is 33.3 Å². The average Bonchev–Trinajstić information content (AvgIpc) is 2.75. The number of aromatic amines is 1. The topological polar surface area (TPSA) is 79.9 Å². The van der Waals surface area contributed by atoms with Crippen molar-refractivity contribution in [1.82, 2.24) is 20.5 Å². The highest BCUT2D eigenvalue weighted by molar-refractivity contribution is 5.90. The number of ether oxygens (including phenoxy) is 1. The molecule has 0 aliphatic carbocycles. The maximum atomic E-state index is 11.6. The SMILES string of the molecule is CCOC(C)CNC(=O)c1n[nH]c(CC)n1. The third kappa shape index (κ3) is 3.62. The van der Waals surface area contributed by atoms with Crippen LogP contribution in [0.2, 0.25) is 0 Å². The summed E-state index contributed by atoms with van der Waals surface area (Å²) in [5, 5.41) is 9.23. The van der Waals surface area contributed by atoms with Gasteiger partial charge in [-0.1, -0.05) is 6.92 Å². The molecule has 90 valence electrons. The third-order valence-electron chi connectivity index (χ3n) is 2.07. The van der Waals surface area contributed by atoms with Crippen molar-refractivity contribution < 1.29 is 9.53 Å². The Bertz CT molecular complexity index is 337. The lowest BCUT2D eigenvalue weighted by molar-refractivity contribution is 0.0691. The van der Waals surface area contributed by atoms with E-state index in [1.165, 1.54) is 0 Å². The largest absolute Gasteiger partial charge is 0.377 e. The van der Waals surface area contributed by atoms with E-state index >= 15 is 0 Å². The molecule has 1 rings (SSSR count). The van der Waals surface area contributed by atoms with E-state index < -0.39 is 0 Å². The maximum Gasteiger partial charge on any atom is 0.291 e. The number of H-pyrrole nitrogens is 1. The standard InChI is InChI=1S/C10H18N4O2/c1-4-8-12-9(14-13-8)10(15)11-6-7(3)16-5-2/h7H,4-6H2,1-3H3,(H,11,15)(H,12,13,14). The van der Waals surface area contributed by atoms with E-state index in [2.05, 4.69) is 20.5 Å². The Morgan fingerprint density at radius 2 is 2.31 bits per heavy atom. The van der Waals surface area contributed by atoms with E-state index in [0.717, 1.165) is 6.42 Å². The molecule has 0 fully saturated rings. The first-order chi connectivity index (χ1) is 7.67.